The minimum absolute atomic E-state index is 0.0517. The van der Waals surface area contributed by atoms with Crippen molar-refractivity contribution in [2.75, 3.05) is 12.4 Å². The summed E-state index contributed by atoms with van der Waals surface area (Å²) in [5.41, 5.74) is 0. The van der Waals surface area contributed by atoms with Crippen LogP contribution in [0.5, 0.6) is 0 Å². The third kappa shape index (κ3) is 6.82. The van der Waals surface area contributed by atoms with E-state index in [0.717, 1.165) is 0 Å². The molecule has 0 spiro atoms. The molecule has 0 aliphatic heterocycles. The second-order valence-electron chi connectivity index (χ2n) is 1.89. The molecule has 2 radical (unpaired) electrons. The van der Waals surface area contributed by atoms with Crippen LogP contribution in [0.2, 0.25) is 0 Å². The van der Waals surface area contributed by atoms with Crippen LogP contribution in [-0.4, -0.2) is 31.6 Å². The standard InChI is InChI=1S/C5H10BO3PS/c1-4(7)11-3-5(9-6)2-8-10/h5H,2-3,10H2,1H3. The van der Waals surface area contributed by atoms with E-state index in [0.29, 0.717) is 12.4 Å². The van der Waals surface area contributed by atoms with Crippen molar-refractivity contribution >= 4 is 34.4 Å². The minimum Gasteiger partial charge on any atom is -0.442 e. The maximum Gasteiger partial charge on any atom is 0.283 e. The van der Waals surface area contributed by atoms with Gasteiger partial charge < -0.3 is 9.18 Å². The molecule has 0 aromatic heterocycles. The number of rotatable bonds is 5. The Hall–Kier alpha value is 0.435. The molecule has 0 saturated heterocycles. The topological polar surface area (TPSA) is 35.5 Å². The van der Waals surface area contributed by atoms with Crippen molar-refractivity contribution < 1.29 is 14.0 Å². The van der Waals surface area contributed by atoms with Crippen LogP contribution in [-0.2, 0) is 14.0 Å². The van der Waals surface area contributed by atoms with Gasteiger partial charge in [-0.15, -0.1) is 0 Å². The van der Waals surface area contributed by atoms with Gasteiger partial charge in [0.15, 0.2) is 5.12 Å². The Labute approximate surface area is 74.3 Å². The lowest BCUT2D eigenvalue weighted by Gasteiger charge is -2.12. The Balaban J connectivity index is 3.43. The highest BCUT2D eigenvalue weighted by Gasteiger charge is 2.07. The average Bonchev–Trinajstić information content (AvgIpc) is 1.97. The Morgan fingerprint density at radius 1 is 1.82 bits per heavy atom. The predicted molar refractivity (Wildman–Crippen MR) is 49.4 cm³/mol. The van der Waals surface area contributed by atoms with E-state index in [2.05, 4.69) is 14.1 Å². The van der Waals surface area contributed by atoms with Crippen molar-refractivity contribution in [3.05, 3.63) is 0 Å². The van der Waals surface area contributed by atoms with Gasteiger partial charge in [0.25, 0.3) is 8.05 Å². The van der Waals surface area contributed by atoms with Crippen molar-refractivity contribution in [1.29, 1.82) is 0 Å². The van der Waals surface area contributed by atoms with Crippen molar-refractivity contribution in [2.24, 2.45) is 0 Å². The number of carbonyl (C=O) groups excluding carboxylic acids is 1. The summed E-state index contributed by atoms with van der Waals surface area (Å²) in [4.78, 5) is 10.5. The second-order valence-corrected chi connectivity index (χ2v) is 3.42. The molecule has 0 rings (SSSR count). The van der Waals surface area contributed by atoms with Gasteiger partial charge in [-0.05, 0) is 0 Å². The van der Waals surface area contributed by atoms with Gasteiger partial charge in [-0.25, -0.2) is 0 Å². The lowest BCUT2D eigenvalue weighted by molar-refractivity contribution is -0.109. The molecule has 0 saturated carbocycles. The molecule has 0 amide bonds. The van der Waals surface area contributed by atoms with Gasteiger partial charge in [-0.3, -0.25) is 4.79 Å². The van der Waals surface area contributed by atoms with E-state index in [1.807, 2.05) is 0 Å². The van der Waals surface area contributed by atoms with Crippen LogP contribution in [0, 0.1) is 0 Å². The minimum atomic E-state index is -0.221. The lowest BCUT2D eigenvalue weighted by Crippen LogP contribution is -2.20. The lowest BCUT2D eigenvalue weighted by atomic mass is 10.4. The van der Waals surface area contributed by atoms with Gasteiger partial charge in [0.05, 0.1) is 12.7 Å². The van der Waals surface area contributed by atoms with E-state index in [1.165, 1.54) is 18.7 Å². The first-order valence-electron chi connectivity index (χ1n) is 3.01. The Morgan fingerprint density at radius 2 is 2.45 bits per heavy atom. The van der Waals surface area contributed by atoms with E-state index >= 15 is 0 Å². The molecule has 0 heterocycles. The summed E-state index contributed by atoms with van der Waals surface area (Å²) in [7, 11) is 7.03. The molecule has 62 valence electrons. The third-order valence-corrected chi connectivity index (χ3v) is 2.08. The summed E-state index contributed by atoms with van der Waals surface area (Å²) in [5, 5.41) is 0.0517. The Bertz CT molecular complexity index is 124. The normalized spacial score (nSPS) is 12.9. The van der Waals surface area contributed by atoms with Crippen molar-refractivity contribution in [3.63, 3.8) is 0 Å². The molecule has 0 N–H and O–H groups in total. The quantitative estimate of drug-likeness (QED) is 0.470. The summed E-state index contributed by atoms with van der Waals surface area (Å²) >= 11 is 1.17. The molecule has 11 heavy (non-hydrogen) atoms. The fraction of sp³-hybridized carbons (Fsp3) is 0.800. The zero-order chi connectivity index (χ0) is 8.69. The van der Waals surface area contributed by atoms with Crippen LogP contribution < -0.4 is 0 Å². The first-order chi connectivity index (χ1) is 5.20. The average molecular weight is 192 g/mol. The highest BCUT2D eigenvalue weighted by molar-refractivity contribution is 8.13. The summed E-state index contributed by atoms with van der Waals surface area (Å²) in [6.45, 7) is 1.88. The molecular formula is C5H10BO3PS. The first kappa shape index (κ1) is 11.4. The van der Waals surface area contributed by atoms with Gasteiger partial charge in [0, 0.05) is 22.1 Å². The summed E-state index contributed by atoms with van der Waals surface area (Å²) in [6.07, 6.45) is -0.221. The molecule has 0 aliphatic rings. The number of hydrogen-bond acceptors (Lipinski definition) is 4. The summed E-state index contributed by atoms with van der Waals surface area (Å²) in [5.74, 6) is 0.528. The van der Waals surface area contributed by atoms with Gasteiger partial charge in [-0.1, -0.05) is 11.8 Å². The predicted octanol–water partition coefficient (Wildman–Crippen LogP) is 0.541. The highest BCUT2D eigenvalue weighted by Crippen LogP contribution is 2.07. The fourth-order valence-electron chi connectivity index (χ4n) is 0.444. The summed E-state index contributed by atoms with van der Waals surface area (Å²) < 4.78 is 9.24. The zero-order valence-electron chi connectivity index (χ0n) is 6.28. The smallest absolute Gasteiger partial charge is 0.283 e. The molecule has 0 bridgehead atoms. The Kier molecular flexibility index (Phi) is 7.38. The molecule has 2 atom stereocenters. The van der Waals surface area contributed by atoms with Gasteiger partial charge in [0.1, 0.15) is 0 Å². The third-order valence-electron chi connectivity index (χ3n) is 0.947. The van der Waals surface area contributed by atoms with Crippen LogP contribution in [0.1, 0.15) is 6.92 Å². The van der Waals surface area contributed by atoms with E-state index in [4.69, 9.17) is 12.6 Å². The number of thioether (sulfide) groups is 1. The van der Waals surface area contributed by atoms with Crippen LogP contribution in [0.4, 0.5) is 0 Å². The van der Waals surface area contributed by atoms with Crippen LogP contribution in [0.25, 0.3) is 0 Å². The largest absolute Gasteiger partial charge is 0.442 e. The fourth-order valence-corrected chi connectivity index (χ4v) is 1.25. The maximum absolute atomic E-state index is 10.5. The van der Waals surface area contributed by atoms with Gasteiger partial charge >= 0.3 is 0 Å². The number of carbonyl (C=O) groups is 1. The van der Waals surface area contributed by atoms with Gasteiger partial charge in [-0.2, -0.15) is 0 Å². The number of hydrogen-bond donors (Lipinski definition) is 0. The molecule has 3 nitrogen and oxygen atoms in total. The van der Waals surface area contributed by atoms with E-state index in [-0.39, 0.29) is 11.2 Å². The van der Waals surface area contributed by atoms with Crippen molar-refractivity contribution in [2.45, 2.75) is 13.0 Å². The SMILES string of the molecule is [B]OC(COP)CSC(C)=O. The molecular weight excluding hydrogens is 182 g/mol. The molecule has 0 aliphatic carbocycles. The molecule has 0 fully saturated rings. The molecule has 0 aromatic carbocycles. The molecule has 2 unspecified atom stereocenters. The van der Waals surface area contributed by atoms with Gasteiger partial charge in [0.2, 0.25) is 0 Å². The second kappa shape index (κ2) is 7.10. The van der Waals surface area contributed by atoms with E-state index in [9.17, 15) is 4.79 Å². The maximum atomic E-state index is 10.5. The highest BCUT2D eigenvalue weighted by atomic mass is 32.2. The van der Waals surface area contributed by atoms with E-state index < -0.39 is 0 Å². The monoisotopic (exact) mass is 192 g/mol. The summed E-state index contributed by atoms with van der Waals surface area (Å²) in [6, 6.07) is 0. The Morgan fingerprint density at radius 3 is 2.82 bits per heavy atom. The van der Waals surface area contributed by atoms with Crippen LogP contribution in [0.3, 0.4) is 0 Å². The van der Waals surface area contributed by atoms with Crippen LogP contribution >= 0.6 is 21.2 Å². The zero-order valence-corrected chi connectivity index (χ0v) is 8.25. The van der Waals surface area contributed by atoms with Crippen molar-refractivity contribution in [3.8, 4) is 0 Å². The molecule has 0 aromatic rings. The van der Waals surface area contributed by atoms with E-state index in [1.54, 1.807) is 0 Å². The van der Waals surface area contributed by atoms with Crippen molar-refractivity contribution in [1.82, 2.24) is 0 Å². The molecule has 6 heteroatoms. The first-order valence-corrected chi connectivity index (χ1v) is 4.47. The van der Waals surface area contributed by atoms with Crippen LogP contribution in [0.15, 0.2) is 0 Å².